The Bertz CT molecular complexity index is 431. The van der Waals surface area contributed by atoms with E-state index in [1.54, 1.807) is 11.9 Å². The van der Waals surface area contributed by atoms with Gasteiger partial charge in [0.2, 0.25) is 0 Å². The third-order valence-corrected chi connectivity index (χ3v) is 5.95. The minimum absolute atomic E-state index is 0.220. The van der Waals surface area contributed by atoms with Crippen LogP contribution in [0.25, 0.3) is 0 Å². The van der Waals surface area contributed by atoms with E-state index in [1.807, 2.05) is 0 Å². The molecule has 21 heavy (non-hydrogen) atoms. The van der Waals surface area contributed by atoms with Crippen LogP contribution < -0.4 is 5.32 Å². The number of carboxylic acids is 1. The molecule has 3 rings (SSSR count). The van der Waals surface area contributed by atoms with Gasteiger partial charge in [-0.3, -0.25) is 0 Å². The maximum atomic E-state index is 12.4. The van der Waals surface area contributed by atoms with E-state index in [0.717, 1.165) is 31.2 Å². The zero-order valence-electron chi connectivity index (χ0n) is 12.8. The second kappa shape index (κ2) is 5.50. The van der Waals surface area contributed by atoms with Crippen LogP contribution in [-0.2, 0) is 4.79 Å². The van der Waals surface area contributed by atoms with E-state index in [1.165, 1.54) is 25.7 Å². The molecule has 3 aliphatic carbocycles. The Morgan fingerprint density at radius 2 is 1.95 bits per heavy atom. The summed E-state index contributed by atoms with van der Waals surface area (Å²) in [6.07, 6.45) is 8.10. The number of amides is 2. The fraction of sp³-hybridized carbons (Fsp3) is 0.875. The van der Waals surface area contributed by atoms with Gasteiger partial charge in [-0.25, -0.2) is 9.59 Å². The first-order valence-electron chi connectivity index (χ1n) is 8.27. The third kappa shape index (κ3) is 2.74. The smallest absolute Gasteiger partial charge is 0.329 e. The van der Waals surface area contributed by atoms with E-state index >= 15 is 0 Å². The maximum absolute atomic E-state index is 12.4. The molecular formula is C16H26N2O3. The van der Waals surface area contributed by atoms with Crippen molar-refractivity contribution in [3.05, 3.63) is 0 Å². The van der Waals surface area contributed by atoms with Crippen LogP contribution in [0.4, 0.5) is 4.79 Å². The van der Waals surface area contributed by atoms with Crippen molar-refractivity contribution in [3.63, 3.8) is 0 Å². The number of rotatable bonds is 4. The van der Waals surface area contributed by atoms with Crippen LogP contribution in [-0.4, -0.2) is 41.1 Å². The van der Waals surface area contributed by atoms with Gasteiger partial charge in [-0.2, -0.15) is 0 Å². The summed E-state index contributed by atoms with van der Waals surface area (Å²) in [5.74, 6) is 1.38. The van der Waals surface area contributed by atoms with Gasteiger partial charge in [0.05, 0.1) is 0 Å². The summed E-state index contributed by atoms with van der Waals surface area (Å²) in [5.41, 5.74) is -1.03. The summed E-state index contributed by atoms with van der Waals surface area (Å²) >= 11 is 0. The molecule has 0 aromatic heterocycles. The minimum Gasteiger partial charge on any atom is -0.480 e. The SMILES string of the molecule is CN(CC1CC2CCC1C2)C(=O)NC1(C(=O)O)CCCC1. The molecule has 2 amide bonds. The van der Waals surface area contributed by atoms with Crippen LogP contribution >= 0.6 is 0 Å². The zero-order valence-corrected chi connectivity index (χ0v) is 12.8. The molecule has 118 valence electrons. The highest BCUT2D eigenvalue weighted by molar-refractivity contribution is 5.86. The number of carbonyl (C=O) groups excluding carboxylic acids is 1. The lowest BCUT2D eigenvalue weighted by Crippen LogP contribution is -2.56. The Hall–Kier alpha value is -1.26. The molecule has 0 aromatic carbocycles. The summed E-state index contributed by atoms with van der Waals surface area (Å²) < 4.78 is 0. The minimum atomic E-state index is -1.03. The van der Waals surface area contributed by atoms with E-state index in [0.29, 0.717) is 18.8 Å². The molecule has 0 radical (unpaired) electrons. The molecule has 3 unspecified atom stereocenters. The second-order valence-electron chi connectivity index (χ2n) is 7.34. The van der Waals surface area contributed by atoms with Crippen molar-refractivity contribution in [3.8, 4) is 0 Å². The van der Waals surface area contributed by atoms with Crippen LogP contribution in [0.1, 0.15) is 51.4 Å². The fourth-order valence-corrected chi connectivity index (χ4v) is 4.71. The van der Waals surface area contributed by atoms with Gasteiger partial charge >= 0.3 is 12.0 Å². The molecule has 2 bridgehead atoms. The highest BCUT2D eigenvalue weighted by atomic mass is 16.4. The van der Waals surface area contributed by atoms with E-state index in [-0.39, 0.29) is 6.03 Å². The Kier molecular flexibility index (Phi) is 3.84. The number of urea groups is 1. The van der Waals surface area contributed by atoms with Crippen molar-refractivity contribution in [2.24, 2.45) is 17.8 Å². The standard InChI is InChI=1S/C16H26N2O3/c1-18(10-13-9-11-4-5-12(13)8-11)15(21)17-16(14(19)20)6-2-3-7-16/h11-13H,2-10H2,1H3,(H,17,21)(H,19,20). The van der Waals surface area contributed by atoms with Gasteiger partial charge in [0, 0.05) is 13.6 Å². The first-order chi connectivity index (χ1) is 10.00. The van der Waals surface area contributed by atoms with Gasteiger partial charge < -0.3 is 15.3 Å². The summed E-state index contributed by atoms with van der Waals surface area (Å²) in [7, 11) is 1.80. The number of fused-ring (bicyclic) bond motifs is 2. The van der Waals surface area contributed by atoms with Gasteiger partial charge in [-0.15, -0.1) is 0 Å². The highest BCUT2D eigenvalue weighted by Crippen LogP contribution is 2.48. The maximum Gasteiger partial charge on any atom is 0.329 e. The first-order valence-corrected chi connectivity index (χ1v) is 8.27. The topological polar surface area (TPSA) is 69.6 Å². The molecular weight excluding hydrogens is 268 g/mol. The molecule has 5 heteroatoms. The lowest BCUT2D eigenvalue weighted by atomic mass is 9.88. The zero-order chi connectivity index (χ0) is 15.0. The highest BCUT2D eigenvalue weighted by Gasteiger charge is 2.44. The monoisotopic (exact) mass is 294 g/mol. The summed E-state index contributed by atoms with van der Waals surface area (Å²) in [5, 5.41) is 12.2. The Morgan fingerprint density at radius 1 is 1.24 bits per heavy atom. The summed E-state index contributed by atoms with van der Waals surface area (Å²) in [6.45, 7) is 0.767. The fourth-order valence-electron chi connectivity index (χ4n) is 4.71. The van der Waals surface area contributed by atoms with Crippen LogP contribution in [0.15, 0.2) is 0 Å². The molecule has 3 atom stereocenters. The quantitative estimate of drug-likeness (QED) is 0.837. The van der Waals surface area contributed by atoms with Crippen molar-refractivity contribution >= 4 is 12.0 Å². The number of hydrogen-bond donors (Lipinski definition) is 2. The van der Waals surface area contributed by atoms with Crippen LogP contribution in [0.3, 0.4) is 0 Å². The van der Waals surface area contributed by atoms with Gasteiger partial charge in [0.25, 0.3) is 0 Å². The van der Waals surface area contributed by atoms with Crippen LogP contribution in [0, 0.1) is 17.8 Å². The number of aliphatic carboxylic acids is 1. The number of carbonyl (C=O) groups is 2. The Labute approximate surface area is 126 Å². The predicted octanol–water partition coefficient (Wildman–Crippen LogP) is 2.46. The molecule has 0 heterocycles. The molecule has 0 saturated heterocycles. The number of carboxylic acid groups (broad SMARTS) is 1. The Balaban J connectivity index is 1.56. The largest absolute Gasteiger partial charge is 0.480 e. The summed E-state index contributed by atoms with van der Waals surface area (Å²) in [6, 6.07) is -0.220. The van der Waals surface area contributed by atoms with Crippen molar-refractivity contribution in [1.29, 1.82) is 0 Å². The lowest BCUT2D eigenvalue weighted by Gasteiger charge is -2.31. The first kappa shape index (κ1) is 14.7. The number of nitrogens with zero attached hydrogens (tertiary/aromatic N) is 1. The van der Waals surface area contributed by atoms with E-state index < -0.39 is 11.5 Å². The van der Waals surface area contributed by atoms with Crippen molar-refractivity contribution in [2.75, 3.05) is 13.6 Å². The molecule has 5 nitrogen and oxygen atoms in total. The molecule has 2 N–H and O–H groups in total. The summed E-state index contributed by atoms with van der Waals surface area (Å²) in [4.78, 5) is 25.6. The van der Waals surface area contributed by atoms with Crippen molar-refractivity contribution in [1.82, 2.24) is 10.2 Å². The molecule has 3 aliphatic rings. The van der Waals surface area contributed by atoms with E-state index in [9.17, 15) is 14.7 Å². The van der Waals surface area contributed by atoms with Crippen molar-refractivity contribution < 1.29 is 14.7 Å². The van der Waals surface area contributed by atoms with Gasteiger partial charge in [0.1, 0.15) is 5.54 Å². The number of hydrogen-bond acceptors (Lipinski definition) is 2. The lowest BCUT2D eigenvalue weighted by molar-refractivity contribution is -0.144. The van der Waals surface area contributed by atoms with Crippen LogP contribution in [0.5, 0.6) is 0 Å². The second-order valence-corrected chi connectivity index (χ2v) is 7.34. The molecule has 0 aliphatic heterocycles. The molecule has 3 saturated carbocycles. The number of nitrogens with one attached hydrogen (secondary N) is 1. The van der Waals surface area contributed by atoms with Crippen LogP contribution in [0.2, 0.25) is 0 Å². The van der Waals surface area contributed by atoms with Gasteiger partial charge in [-0.1, -0.05) is 19.3 Å². The molecule has 0 spiro atoms. The average molecular weight is 294 g/mol. The Morgan fingerprint density at radius 3 is 2.48 bits per heavy atom. The normalized spacial score (nSPS) is 33.1. The van der Waals surface area contributed by atoms with Crippen molar-refractivity contribution in [2.45, 2.75) is 56.9 Å². The van der Waals surface area contributed by atoms with E-state index in [4.69, 9.17) is 0 Å². The van der Waals surface area contributed by atoms with E-state index in [2.05, 4.69) is 5.32 Å². The predicted molar refractivity (Wildman–Crippen MR) is 78.9 cm³/mol. The third-order valence-electron chi connectivity index (χ3n) is 5.95. The van der Waals surface area contributed by atoms with Gasteiger partial charge in [0.15, 0.2) is 0 Å². The molecule has 3 fully saturated rings. The molecule has 0 aromatic rings. The van der Waals surface area contributed by atoms with Gasteiger partial charge in [-0.05, 0) is 49.9 Å². The average Bonchev–Trinajstić information content (AvgIpc) is 3.14.